The number of ether oxygens (including phenoxy) is 1. The third-order valence-electron chi connectivity index (χ3n) is 6.69. The monoisotopic (exact) mass is 580 g/mol. The highest BCUT2D eigenvalue weighted by Crippen LogP contribution is 2.37. The van der Waals surface area contributed by atoms with Gasteiger partial charge in [-0.15, -0.1) is 0 Å². The molecular formula is C26H28ClF3N6O4. The van der Waals surface area contributed by atoms with E-state index in [2.05, 4.69) is 21.0 Å². The van der Waals surface area contributed by atoms with E-state index in [4.69, 9.17) is 22.1 Å². The third kappa shape index (κ3) is 5.72. The molecular weight excluding hydrogens is 553 g/mol. The zero-order chi connectivity index (χ0) is 29.1. The van der Waals surface area contributed by atoms with Crippen LogP contribution in [-0.4, -0.2) is 47.5 Å². The van der Waals surface area contributed by atoms with Gasteiger partial charge in [-0.3, -0.25) is 15.4 Å². The topological polar surface area (TPSA) is 145 Å². The summed E-state index contributed by atoms with van der Waals surface area (Å²) in [6.07, 6.45) is 2.50. The molecule has 40 heavy (non-hydrogen) atoms. The van der Waals surface area contributed by atoms with Gasteiger partial charge in [0.15, 0.2) is 17.3 Å². The molecule has 0 aliphatic heterocycles. The average molecular weight is 581 g/mol. The molecule has 14 heteroatoms. The summed E-state index contributed by atoms with van der Waals surface area (Å²) in [4.78, 5) is 16.8. The van der Waals surface area contributed by atoms with E-state index in [1.807, 2.05) is 0 Å². The molecule has 3 atom stereocenters. The number of carbonyl (C=O) groups excluding carboxylic acids is 1. The minimum atomic E-state index is -1.24. The van der Waals surface area contributed by atoms with Gasteiger partial charge in [0, 0.05) is 17.3 Å². The van der Waals surface area contributed by atoms with Gasteiger partial charge >= 0.3 is 0 Å². The van der Waals surface area contributed by atoms with E-state index in [0.717, 1.165) is 24.6 Å². The van der Waals surface area contributed by atoms with E-state index in [9.17, 15) is 19.5 Å². The zero-order valence-corrected chi connectivity index (χ0v) is 22.3. The second-order valence-corrected chi connectivity index (χ2v) is 9.59. The van der Waals surface area contributed by atoms with Crippen LogP contribution in [0, 0.1) is 17.5 Å². The first-order chi connectivity index (χ1) is 19.1. The Balaban J connectivity index is 1.65. The summed E-state index contributed by atoms with van der Waals surface area (Å²) in [6, 6.07) is 4.01. The fourth-order valence-electron chi connectivity index (χ4n) is 4.64. The van der Waals surface area contributed by atoms with Gasteiger partial charge < -0.3 is 26.2 Å². The molecule has 0 radical (unpaired) electrons. The van der Waals surface area contributed by atoms with E-state index in [0.29, 0.717) is 18.0 Å². The lowest BCUT2D eigenvalue weighted by Gasteiger charge is -2.24. The fourth-order valence-corrected chi connectivity index (χ4v) is 4.79. The van der Waals surface area contributed by atoms with Crippen LogP contribution in [0.5, 0.6) is 5.88 Å². The number of aliphatic hydroxyl groups excluding tert-OH is 1. The molecule has 10 nitrogen and oxygen atoms in total. The van der Waals surface area contributed by atoms with Gasteiger partial charge in [-0.25, -0.2) is 18.2 Å². The number of benzene rings is 2. The minimum absolute atomic E-state index is 0.0471. The molecule has 4 rings (SSSR count). The normalized spacial score (nSPS) is 17.4. The van der Waals surface area contributed by atoms with Crippen molar-refractivity contribution < 1.29 is 33.0 Å². The minimum Gasteiger partial charge on any atom is -0.479 e. The van der Waals surface area contributed by atoms with Crippen molar-refractivity contribution in [3.05, 3.63) is 64.6 Å². The molecule has 1 saturated carbocycles. The highest BCUT2D eigenvalue weighted by Gasteiger charge is 2.31. The van der Waals surface area contributed by atoms with Crippen molar-refractivity contribution in [1.29, 1.82) is 0 Å². The number of halogens is 4. The van der Waals surface area contributed by atoms with Crippen molar-refractivity contribution in [2.45, 2.75) is 37.5 Å². The Morgan fingerprint density at radius 2 is 1.98 bits per heavy atom. The largest absolute Gasteiger partial charge is 0.479 e. The van der Waals surface area contributed by atoms with Gasteiger partial charge in [-0.05, 0) is 44.5 Å². The molecule has 1 heterocycles. The number of methoxy groups -OCH3 is 1. The number of nitrogens with two attached hydrogens (primary N) is 1. The summed E-state index contributed by atoms with van der Waals surface area (Å²) in [5.74, 6) is -4.08. The van der Waals surface area contributed by atoms with E-state index in [1.54, 1.807) is 0 Å². The second kappa shape index (κ2) is 12.2. The van der Waals surface area contributed by atoms with Crippen LogP contribution >= 0.6 is 11.6 Å². The van der Waals surface area contributed by atoms with Crippen LogP contribution in [0.2, 0.25) is 5.02 Å². The molecule has 0 saturated heterocycles. The maximum atomic E-state index is 15.6. The number of nitrogens with one attached hydrogen (secondary N) is 3. The second-order valence-electron chi connectivity index (χ2n) is 9.15. The quantitative estimate of drug-likeness (QED) is 0.164. The first-order valence-electron chi connectivity index (χ1n) is 12.2. The number of carbonyl (C=O) groups is 1. The van der Waals surface area contributed by atoms with Crippen molar-refractivity contribution in [1.82, 2.24) is 15.6 Å². The SMILES string of the molecule is CNC(C(=O)NC1CCCC1O)c1ccc(-c2c(F)ccc(NN(O)c3cc(Cl)cnc3OC)c2F)c(F)c1N. The standard InChI is InChI=1S/C26H28ClF3N6O4/c1-32-24(25(38)34-16-4-3-5-19(16)37)14-7-6-13(21(29)23(14)31)20-15(28)8-9-17(22(20)30)35-36(39)18-10-12(27)11-33-26(18)40-2/h6-11,16,19,24,32,35,37,39H,3-5,31H2,1-2H3,(H,34,38). The van der Waals surface area contributed by atoms with Gasteiger partial charge in [0.2, 0.25) is 11.8 Å². The summed E-state index contributed by atoms with van der Waals surface area (Å²) in [7, 11) is 2.77. The maximum absolute atomic E-state index is 15.6. The Bertz CT molecular complexity index is 1420. The number of amides is 1. The predicted octanol–water partition coefficient (Wildman–Crippen LogP) is 3.92. The molecule has 2 aromatic carbocycles. The van der Waals surface area contributed by atoms with E-state index >= 15 is 8.78 Å². The van der Waals surface area contributed by atoms with Gasteiger partial charge in [-0.2, -0.15) is 5.17 Å². The Morgan fingerprint density at radius 3 is 2.62 bits per heavy atom. The van der Waals surface area contributed by atoms with Crippen LogP contribution in [0.25, 0.3) is 11.1 Å². The van der Waals surface area contributed by atoms with Crippen LogP contribution in [-0.2, 0) is 4.79 Å². The van der Waals surface area contributed by atoms with E-state index < -0.39 is 64.0 Å². The van der Waals surface area contributed by atoms with Crippen molar-refractivity contribution in [3.63, 3.8) is 0 Å². The van der Waals surface area contributed by atoms with Crippen LogP contribution in [0.15, 0.2) is 36.5 Å². The summed E-state index contributed by atoms with van der Waals surface area (Å²) in [5.41, 5.74) is 6.13. The first kappa shape index (κ1) is 29.2. The number of hydrogen-bond donors (Lipinski definition) is 6. The van der Waals surface area contributed by atoms with Gasteiger partial charge in [0.1, 0.15) is 11.9 Å². The Morgan fingerprint density at radius 1 is 1.23 bits per heavy atom. The van der Waals surface area contributed by atoms with Gasteiger partial charge in [0.05, 0.1) is 41.2 Å². The number of hydrazine groups is 1. The van der Waals surface area contributed by atoms with Crippen molar-refractivity contribution in [3.8, 4) is 17.0 Å². The maximum Gasteiger partial charge on any atom is 0.242 e. The Labute approximate surface area is 232 Å². The molecule has 1 aliphatic rings. The predicted molar refractivity (Wildman–Crippen MR) is 143 cm³/mol. The molecule has 214 valence electrons. The Hall–Kier alpha value is -3.78. The number of hydrogen-bond acceptors (Lipinski definition) is 9. The van der Waals surface area contributed by atoms with Crippen molar-refractivity contribution in [2.24, 2.45) is 0 Å². The van der Waals surface area contributed by atoms with Crippen LogP contribution in [0.3, 0.4) is 0 Å². The number of likely N-dealkylation sites (N-methyl/N-ethyl adjacent to an activating group) is 1. The molecule has 7 N–H and O–H groups in total. The third-order valence-corrected chi connectivity index (χ3v) is 6.90. The lowest BCUT2D eigenvalue weighted by molar-refractivity contribution is -0.124. The van der Waals surface area contributed by atoms with E-state index in [-0.39, 0.29) is 22.2 Å². The number of aliphatic hydroxyl groups is 1. The number of nitrogen functional groups attached to an aromatic ring is 1. The zero-order valence-electron chi connectivity index (χ0n) is 21.5. The lowest BCUT2D eigenvalue weighted by Crippen LogP contribution is -2.45. The van der Waals surface area contributed by atoms with Crippen LogP contribution < -0.4 is 31.7 Å². The Kier molecular flexibility index (Phi) is 8.88. The molecule has 1 aliphatic carbocycles. The molecule has 1 amide bonds. The van der Waals surface area contributed by atoms with Crippen molar-refractivity contribution in [2.75, 3.05) is 30.5 Å². The number of rotatable bonds is 9. The van der Waals surface area contributed by atoms with Crippen LogP contribution in [0.1, 0.15) is 30.9 Å². The number of anilines is 3. The fraction of sp³-hybridized carbons (Fsp3) is 0.308. The summed E-state index contributed by atoms with van der Waals surface area (Å²) < 4.78 is 51.1. The summed E-state index contributed by atoms with van der Waals surface area (Å²) >= 11 is 5.92. The lowest BCUT2D eigenvalue weighted by atomic mass is 9.96. The smallest absolute Gasteiger partial charge is 0.242 e. The van der Waals surface area contributed by atoms with Crippen molar-refractivity contribution >= 4 is 34.6 Å². The molecule has 3 unspecified atom stereocenters. The highest BCUT2D eigenvalue weighted by molar-refractivity contribution is 6.30. The molecule has 1 fully saturated rings. The number of pyridine rings is 1. The van der Waals surface area contributed by atoms with E-state index in [1.165, 1.54) is 32.5 Å². The highest BCUT2D eigenvalue weighted by atomic mass is 35.5. The molecule has 3 aromatic rings. The van der Waals surface area contributed by atoms with Crippen LogP contribution in [0.4, 0.5) is 30.2 Å². The summed E-state index contributed by atoms with van der Waals surface area (Å²) in [6.45, 7) is 0. The number of nitrogens with zero attached hydrogens (tertiary/aromatic N) is 2. The van der Waals surface area contributed by atoms with Gasteiger partial charge in [-0.1, -0.05) is 23.7 Å². The summed E-state index contributed by atoms with van der Waals surface area (Å²) in [5, 5.41) is 26.5. The number of aromatic nitrogens is 1. The molecule has 0 spiro atoms. The average Bonchev–Trinajstić information content (AvgIpc) is 3.33. The first-order valence-corrected chi connectivity index (χ1v) is 12.6. The molecule has 1 aromatic heterocycles. The van der Waals surface area contributed by atoms with Gasteiger partial charge in [0.25, 0.3) is 0 Å². The molecule has 0 bridgehead atoms.